The number of aryl methyl sites for hydroxylation is 1. The number of hydrogen-bond acceptors (Lipinski definition) is 5. The Kier molecular flexibility index (Phi) is 5.02. The number of hydrogen-bond donors (Lipinski definition) is 1. The zero-order chi connectivity index (χ0) is 16.8. The second-order valence-corrected chi connectivity index (χ2v) is 7.18. The third-order valence-corrected chi connectivity index (χ3v) is 4.77. The van der Waals surface area contributed by atoms with Crippen molar-refractivity contribution in [2.45, 2.75) is 13.0 Å². The van der Waals surface area contributed by atoms with Gasteiger partial charge in [-0.25, -0.2) is 13.1 Å². The SMILES string of the molecule is O=S(=O)(CCc1ccccc1)NCc1nc(-c2ccccc2)no1. The lowest BCUT2D eigenvalue weighted by Gasteiger charge is -2.04. The summed E-state index contributed by atoms with van der Waals surface area (Å²) in [4.78, 5) is 4.20. The lowest BCUT2D eigenvalue weighted by molar-refractivity contribution is 0.376. The van der Waals surface area contributed by atoms with Gasteiger partial charge in [0.25, 0.3) is 0 Å². The van der Waals surface area contributed by atoms with Crippen molar-refractivity contribution in [2.75, 3.05) is 5.75 Å². The van der Waals surface area contributed by atoms with Gasteiger partial charge in [0.15, 0.2) is 0 Å². The van der Waals surface area contributed by atoms with Gasteiger partial charge < -0.3 is 4.52 Å². The fraction of sp³-hybridized carbons (Fsp3) is 0.176. The molecule has 0 fully saturated rings. The second-order valence-electron chi connectivity index (χ2n) is 5.25. The van der Waals surface area contributed by atoms with E-state index < -0.39 is 10.0 Å². The summed E-state index contributed by atoms with van der Waals surface area (Å²) >= 11 is 0. The van der Waals surface area contributed by atoms with Crippen LogP contribution in [0.2, 0.25) is 0 Å². The molecule has 0 atom stereocenters. The van der Waals surface area contributed by atoms with Crippen LogP contribution in [0.25, 0.3) is 11.4 Å². The first-order valence-electron chi connectivity index (χ1n) is 7.52. The first kappa shape index (κ1) is 16.4. The van der Waals surface area contributed by atoms with Crippen molar-refractivity contribution in [3.8, 4) is 11.4 Å². The van der Waals surface area contributed by atoms with E-state index in [9.17, 15) is 8.42 Å². The molecule has 0 aliphatic heterocycles. The fourth-order valence-electron chi connectivity index (χ4n) is 2.17. The van der Waals surface area contributed by atoms with Crippen molar-refractivity contribution in [1.82, 2.24) is 14.9 Å². The van der Waals surface area contributed by atoms with E-state index in [0.29, 0.717) is 12.2 Å². The van der Waals surface area contributed by atoms with E-state index in [4.69, 9.17) is 4.52 Å². The summed E-state index contributed by atoms with van der Waals surface area (Å²) in [5.41, 5.74) is 1.80. The van der Waals surface area contributed by atoms with Crippen molar-refractivity contribution in [1.29, 1.82) is 0 Å². The number of aromatic nitrogens is 2. The van der Waals surface area contributed by atoms with Gasteiger partial charge in [-0.3, -0.25) is 0 Å². The Labute approximate surface area is 140 Å². The van der Waals surface area contributed by atoms with Gasteiger partial charge in [-0.1, -0.05) is 65.8 Å². The van der Waals surface area contributed by atoms with E-state index in [0.717, 1.165) is 11.1 Å². The molecule has 0 spiro atoms. The molecule has 6 nitrogen and oxygen atoms in total. The number of rotatable bonds is 7. The molecule has 7 heteroatoms. The van der Waals surface area contributed by atoms with Gasteiger partial charge in [0, 0.05) is 5.56 Å². The Morgan fingerprint density at radius 2 is 1.62 bits per heavy atom. The minimum atomic E-state index is -3.41. The Hall–Kier alpha value is -2.51. The van der Waals surface area contributed by atoms with Crippen LogP contribution in [0.4, 0.5) is 0 Å². The molecule has 1 N–H and O–H groups in total. The number of sulfonamides is 1. The number of nitrogens with one attached hydrogen (secondary N) is 1. The van der Waals surface area contributed by atoms with Gasteiger partial charge in [0.05, 0.1) is 12.3 Å². The predicted octanol–water partition coefficient (Wildman–Crippen LogP) is 2.40. The molecule has 0 amide bonds. The molecule has 2 aromatic carbocycles. The Balaban J connectivity index is 1.56. The summed E-state index contributed by atoms with van der Waals surface area (Å²) in [6.07, 6.45) is 0.454. The van der Waals surface area contributed by atoms with Crippen LogP contribution in [-0.2, 0) is 23.0 Å². The van der Waals surface area contributed by atoms with E-state index in [1.54, 1.807) is 0 Å². The monoisotopic (exact) mass is 343 g/mol. The average molecular weight is 343 g/mol. The van der Waals surface area contributed by atoms with E-state index in [1.807, 2.05) is 60.7 Å². The van der Waals surface area contributed by atoms with Crippen LogP contribution in [0, 0.1) is 0 Å². The summed E-state index contributed by atoms with van der Waals surface area (Å²) in [6, 6.07) is 18.8. The molecule has 3 aromatic rings. The second kappa shape index (κ2) is 7.37. The highest BCUT2D eigenvalue weighted by atomic mass is 32.2. The highest BCUT2D eigenvalue weighted by Crippen LogP contribution is 2.14. The van der Waals surface area contributed by atoms with Crippen LogP contribution in [0.5, 0.6) is 0 Å². The van der Waals surface area contributed by atoms with Crippen molar-refractivity contribution < 1.29 is 12.9 Å². The van der Waals surface area contributed by atoms with Gasteiger partial charge in [-0.2, -0.15) is 4.98 Å². The molecule has 124 valence electrons. The molecule has 0 unspecified atom stereocenters. The van der Waals surface area contributed by atoms with Crippen LogP contribution in [0.15, 0.2) is 65.2 Å². The smallest absolute Gasteiger partial charge is 0.242 e. The molecule has 0 aliphatic carbocycles. The maximum atomic E-state index is 12.1. The molecule has 1 aromatic heterocycles. The highest BCUT2D eigenvalue weighted by molar-refractivity contribution is 7.89. The first-order chi connectivity index (χ1) is 11.6. The Morgan fingerprint density at radius 1 is 0.958 bits per heavy atom. The zero-order valence-corrected chi connectivity index (χ0v) is 13.7. The molecule has 24 heavy (non-hydrogen) atoms. The molecule has 3 rings (SSSR count). The molecule has 0 saturated carbocycles. The van der Waals surface area contributed by atoms with Crippen molar-refractivity contribution in [3.05, 3.63) is 72.1 Å². The summed E-state index contributed by atoms with van der Waals surface area (Å²) in [7, 11) is -3.41. The van der Waals surface area contributed by atoms with Crippen LogP contribution in [0.1, 0.15) is 11.5 Å². The maximum Gasteiger partial charge on any atom is 0.242 e. The summed E-state index contributed by atoms with van der Waals surface area (Å²) in [5, 5.41) is 3.86. The fourth-order valence-corrected chi connectivity index (χ4v) is 3.16. The lowest BCUT2D eigenvalue weighted by atomic mass is 10.2. The maximum absolute atomic E-state index is 12.1. The quantitative estimate of drug-likeness (QED) is 0.712. The van der Waals surface area contributed by atoms with Crippen LogP contribution in [-0.4, -0.2) is 24.3 Å². The minimum Gasteiger partial charge on any atom is -0.338 e. The topological polar surface area (TPSA) is 85.1 Å². The number of benzene rings is 2. The Morgan fingerprint density at radius 3 is 2.33 bits per heavy atom. The van der Waals surface area contributed by atoms with Gasteiger partial charge in [0.1, 0.15) is 0 Å². The standard InChI is InChI=1S/C17H17N3O3S/c21-24(22,12-11-14-7-3-1-4-8-14)18-13-16-19-17(20-23-16)15-9-5-2-6-10-15/h1-10,18H,11-13H2. The summed E-state index contributed by atoms with van der Waals surface area (Å²) in [5.74, 6) is 0.683. The zero-order valence-electron chi connectivity index (χ0n) is 12.9. The predicted molar refractivity (Wildman–Crippen MR) is 90.5 cm³/mol. The summed E-state index contributed by atoms with van der Waals surface area (Å²) < 4.78 is 31.7. The van der Waals surface area contributed by atoms with Crippen LogP contribution in [0.3, 0.4) is 0 Å². The van der Waals surface area contributed by atoms with E-state index in [2.05, 4.69) is 14.9 Å². The van der Waals surface area contributed by atoms with Gasteiger partial charge in [-0.05, 0) is 12.0 Å². The van der Waals surface area contributed by atoms with E-state index in [-0.39, 0.29) is 18.2 Å². The summed E-state index contributed by atoms with van der Waals surface area (Å²) in [6.45, 7) is -0.0169. The van der Waals surface area contributed by atoms with Crippen molar-refractivity contribution >= 4 is 10.0 Å². The minimum absolute atomic E-state index is 0.0106. The van der Waals surface area contributed by atoms with Crippen molar-refractivity contribution in [2.24, 2.45) is 0 Å². The van der Waals surface area contributed by atoms with Crippen LogP contribution >= 0.6 is 0 Å². The Bertz CT molecular complexity index is 878. The molecule has 0 aliphatic rings. The molecule has 0 saturated heterocycles. The van der Waals surface area contributed by atoms with E-state index >= 15 is 0 Å². The molecular weight excluding hydrogens is 326 g/mol. The molecule has 0 radical (unpaired) electrons. The highest BCUT2D eigenvalue weighted by Gasteiger charge is 2.14. The lowest BCUT2D eigenvalue weighted by Crippen LogP contribution is -2.27. The first-order valence-corrected chi connectivity index (χ1v) is 9.17. The van der Waals surface area contributed by atoms with Gasteiger partial charge >= 0.3 is 0 Å². The van der Waals surface area contributed by atoms with E-state index in [1.165, 1.54) is 0 Å². The average Bonchev–Trinajstić information content (AvgIpc) is 3.09. The third kappa shape index (κ3) is 4.50. The largest absolute Gasteiger partial charge is 0.338 e. The van der Waals surface area contributed by atoms with Gasteiger partial charge in [0.2, 0.25) is 21.7 Å². The molecule has 1 heterocycles. The van der Waals surface area contributed by atoms with Crippen molar-refractivity contribution in [3.63, 3.8) is 0 Å². The molecule has 0 bridgehead atoms. The number of nitrogens with zero attached hydrogens (tertiary/aromatic N) is 2. The normalized spacial score (nSPS) is 11.5. The van der Waals surface area contributed by atoms with Crippen LogP contribution < -0.4 is 4.72 Å². The molecular formula is C17H17N3O3S. The third-order valence-electron chi connectivity index (χ3n) is 3.45. The van der Waals surface area contributed by atoms with Gasteiger partial charge in [-0.15, -0.1) is 0 Å².